The van der Waals surface area contributed by atoms with Crippen molar-refractivity contribution in [2.24, 2.45) is 23.3 Å². The molecule has 0 amide bonds. The minimum absolute atomic E-state index is 0.0951. The monoisotopic (exact) mass is 308 g/mol. The second-order valence-electron chi connectivity index (χ2n) is 4.11. The first-order valence-corrected chi connectivity index (χ1v) is 6.22. The molecule has 0 aliphatic heterocycles. The lowest BCUT2D eigenvalue weighted by Gasteiger charge is -2.22. The molecule has 0 aromatic heterocycles. The van der Waals surface area contributed by atoms with E-state index in [4.69, 9.17) is 16.6 Å². The summed E-state index contributed by atoms with van der Waals surface area (Å²) in [6.07, 6.45) is 0. The second-order valence-corrected chi connectivity index (χ2v) is 4.67. The van der Waals surface area contributed by atoms with Gasteiger partial charge in [-0.25, -0.2) is 0 Å². The van der Waals surface area contributed by atoms with Crippen molar-refractivity contribution in [3.63, 3.8) is 0 Å². The molecule has 0 saturated carbocycles. The van der Waals surface area contributed by atoms with Gasteiger partial charge >= 0.3 is 5.97 Å². The number of carbonyl (C=O) groups is 3. The van der Waals surface area contributed by atoms with Crippen LogP contribution in [0, 0.1) is 11.8 Å². The van der Waals surface area contributed by atoms with E-state index in [1.807, 2.05) is 0 Å². The third-order valence-corrected chi connectivity index (χ3v) is 3.03. The van der Waals surface area contributed by atoms with Crippen molar-refractivity contribution in [1.82, 2.24) is 0 Å². The average Bonchev–Trinajstić information content (AvgIpc) is 2.25. The van der Waals surface area contributed by atoms with E-state index < -0.39 is 35.5 Å². The zero-order chi connectivity index (χ0) is 13.7. The molecule has 6 nitrogen and oxygen atoms in total. The van der Waals surface area contributed by atoms with Crippen molar-refractivity contribution in [2.45, 2.75) is 25.9 Å². The number of carboxylic acid groups (broad SMARTS) is 1. The fourth-order valence-corrected chi connectivity index (χ4v) is 1.64. The van der Waals surface area contributed by atoms with Crippen LogP contribution in [-0.4, -0.2) is 40.1 Å². The van der Waals surface area contributed by atoms with E-state index in [2.05, 4.69) is 15.9 Å². The molecule has 3 unspecified atom stereocenters. The van der Waals surface area contributed by atoms with Crippen molar-refractivity contribution < 1.29 is 19.5 Å². The zero-order valence-electron chi connectivity index (χ0n) is 9.72. The predicted octanol–water partition coefficient (Wildman–Crippen LogP) is -0.469. The van der Waals surface area contributed by atoms with Gasteiger partial charge in [0.15, 0.2) is 11.6 Å². The molecule has 17 heavy (non-hydrogen) atoms. The number of alkyl halides is 1. The first kappa shape index (κ1) is 16.2. The third-order valence-electron chi connectivity index (χ3n) is 2.48. The van der Waals surface area contributed by atoms with Gasteiger partial charge in [-0.05, 0) is 5.92 Å². The van der Waals surface area contributed by atoms with Gasteiger partial charge in [-0.2, -0.15) is 0 Å². The van der Waals surface area contributed by atoms with Crippen LogP contribution in [0.2, 0.25) is 0 Å². The molecule has 0 saturated heterocycles. The maximum atomic E-state index is 11.8. The Bertz CT molecular complexity index is 319. The molecule has 0 bridgehead atoms. The van der Waals surface area contributed by atoms with Crippen LogP contribution in [0.3, 0.4) is 0 Å². The van der Waals surface area contributed by atoms with Crippen LogP contribution in [-0.2, 0) is 14.4 Å². The first-order valence-electron chi connectivity index (χ1n) is 5.10. The van der Waals surface area contributed by atoms with Crippen LogP contribution in [0.4, 0.5) is 0 Å². The summed E-state index contributed by atoms with van der Waals surface area (Å²) in [4.78, 5) is 34.2. The molecule has 0 aromatic rings. The summed E-state index contributed by atoms with van der Waals surface area (Å²) in [5, 5.41) is 8.87. The molecular formula is C10H17BrN2O4. The molecule has 0 aromatic carbocycles. The van der Waals surface area contributed by atoms with E-state index in [9.17, 15) is 14.4 Å². The molecule has 0 rings (SSSR count). The summed E-state index contributed by atoms with van der Waals surface area (Å²) in [7, 11) is 0. The molecule has 3 atom stereocenters. The van der Waals surface area contributed by atoms with Gasteiger partial charge < -0.3 is 16.6 Å². The summed E-state index contributed by atoms with van der Waals surface area (Å²) in [5.41, 5.74) is 11.1. The van der Waals surface area contributed by atoms with E-state index in [1.165, 1.54) is 0 Å². The van der Waals surface area contributed by atoms with Gasteiger partial charge in [0, 0.05) is 0 Å². The largest absolute Gasteiger partial charge is 0.481 e. The highest BCUT2D eigenvalue weighted by Crippen LogP contribution is 2.12. The van der Waals surface area contributed by atoms with Gasteiger partial charge in [-0.1, -0.05) is 29.8 Å². The first-order chi connectivity index (χ1) is 7.73. The SMILES string of the molecule is CC(C)C(N)C(=O)C(C(=O)O)C(N)C(=O)CBr. The predicted molar refractivity (Wildman–Crippen MR) is 65.7 cm³/mol. The van der Waals surface area contributed by atoms with Gasteiger partial charge in [-0.15, -0.1) is 0 Å². The van der Waals surface area contributed by atoms with Crippen molar-refractivity contribution in [2.75, 3.05) is 5.33 Å². The molecule has 0 radical (unpaired) electrons. The summed E-state index contributed by atoms with van der Waals surface area (Å²) in [6.45, 7) is 3.39. The smallest absolute Gasteiger partial charge is 0.316 e. The summed E-state index contributed by atoms with van der Waals surface area (Å²) < 4.78 is 0. The Labute approximate surface area is 108 Å². The van der Waals surface area contributed by atoms with Crippen LogP contribution in [0.25, 0.3) is 0 Å². The maximum absolute atomic E-state index is 11.8. The van der Waals surface area contributed by atoms with Crippen LogP contribution in [0.5, 0.6) is 0 Å². The third kappa shape index (κ3) is 4.18. The molecular weight excluding hydrogens is 292 g/mol. The van der Waals surface area contributed by atoms with E-state index in [-0.39, 0.29) is 11.2 Å². The molecule has 98 valence electrons. The second kappa shape index (κ2) is 6.83. The number of nitrogens with two attached hydrogens (primary N) is 2. The quantitative estimate of drug-likeness (QED) is 0.431. The van der Waals surface area contributed by atoms with Crippen LogP contribution in [0.15, 0.2) is 0 Å². The number of ketones is 2. The van der Waals surface area contributed by atoms with Gasteiger partial charge in [0.2, 0.25) is 0 Å². The number of rotatable bonds is 7. The highest BCUT2D eigenvalue weighted by Gasteiger charge is 2.39. The van der Waals surface area contributed by atoms with E-state index >= 15 is 0 Å². The van der Waals surface area contributed by atoms with Gasteiger partial charge in [0.1, 0.15) is 5.92 Å². The minimum Gasteiger partial charge on any atom is -0.481 e. The number of hydrogen-bond acceptors (Lipinski definition) is 5. The van der Waals surface area contributed by atoms with Crippen molar-refractivity contribution in [3.05, 3.63) is 0 Å². The van der Waals surface area contributed by atoms with E-state index in [1.54, 1.807) is 13.8 Å². The molecule has 0 heterocycles. The normalized spacial score (nSPS) is 16.4. The van der Waals surface area contributed by atoms with Crippen LogP contribution < -0.4 is 11.5 Å². The van der Waals surface area contributed by atoms with E-state index in [0.717, 1.165) is 0 Å². The fraction of sp³-hybridized carbons (Fsp3) is 0.700. The number of carbonyl (C=O) groups excluding carboxylic acids is 2. The Morgan fingerprint density at radius 1 is 1.18 bits per heavy atom. The number of Topliss-reactive ketones (excluding diaryl/α,β-unsaturated/α-hetero) is 2. The summed E-state index contributed by atoms with van der Waals surface area (Å²) in [6, 6.07) is -2.31. The maximum Gasteiger partial charge on any atom is 0.316 e. The summed E-state index contributed by atoms with van der Waals surface area (Å²) >= 11 is 2.88. The Morgan fingerprint density at radius 3 is 1.94 bits per heavy atom. The average molecular weight is 309 g/mol. The number of halogens is 1. The number of carboxylic acids is 1. The minimum atomic E-state index is -1.59. The van der Waals surface area contributed by atoms with Gasteiger partial charge in [0.25, 0.3) is 0 Å². The van der Waals surface area contributed by atoms with Crippen molar-refractivity contribution in [3.8, 4) is 0 Å². The summed E-state index contributed by atoms with van der Waals surface area (Å²) in [5.74, 6) is -4.48. The van der Waals surface area contributed by atoms with Gasteiger partial charge in [-0.3, -0.25) is 14.4 Å². The standard InChI is InChI=1S/C10H17BrN2O4/c1-4(2)7(12)9(15)6(10(16)17)8(13)5(14)3-11/h4,6-8H,3,12-13H2,1-2H3,(H,16,17). The van der Waals surface area contributed by atoms with Crippen molar-refractivity contribution in [1.29, 1.82) is 0 Å². The van der Waals surface area contributed by atoms with Gasteiger partial charge in [0.05, 0.1) is 17.4 Å². The lowest BCUT2D eigenvalue weighted by molar-refractivity contribution is -0.149. The van der Waals surface area contributed by atoms with Crippen molar-refractivity contribution >= 4 is 33.5 Å². The fourth-order valence-electron chi connectivity index (χ4n) is 1.26. The topological polar surface area (TPSA) is 123 Å². The molecule has 0 spiro atoms. The Morgan fingerprint density at radius 2 is 1.65 bits per heavy atom. The Kier molecular flexibility index (Phi) is 6.51. The lowest BCUT2D eigenvalue weighted by Crippen LogP contribution is -2.52. The number of hydrogen-bond donors (Lipinski definition) is 3. The zero-order valence-corrected chi connectivity index (χ0v) is 11.3. The van der Waals surface area contributed by atoms with Crippen LogP contribution >= 0.6 is 15.9 Å². The number of aliphatic carboxylic acids is 1. The highest BCUT2D eigenvalue weighted by molar-refractivity contribution is 9.09. The molecule has 0 aliphatic carbocycles. The molecule has 0 fully saturated rings. The molecule has 5 N–H and O–H groups in total. The molecule has 0 aliphatic rings. The molecule has 7 heteroatoms. The lowest BCUT2D eigenvalue weighted by atomic mass is 9.86. The highest BCUT2D eigenvalue weighted by atomic mass is 79.9. The van der Waals surface area contributed by atoms with E-state index in [0.29, 0.717) is 0 Å². The Hall–Kier alpha value is -0.790. The van der Waals surface area contributed by atoms with Crippen LogP contribution in [0.1, 0.15) is 13.8 Å². The Balaban J connectivity index is 5.05.